The van der Waals surface area contributed by atoms with Gasteiger partial charge in [0.25, 0.3) is 0 Å². The number of carbonyl (C=O) groups excluding carboxylic acids is 1. The van der Waals surface area contributed by atoms with Gasteiger partial charge in [-0.05, 0) is 18.1 Å². The number of para-hydroxylation sites is 1. The van der Waals surface area contributed by atoms with Gasteiger partial charge >= 0.3 is 0 Å². The van der Waals surface area contributed by atoms with Crippen LogP contribution in [0.3, 0.4) is 0 Å². The molecule has 112 valence electrons. The minimum atomic E-state index is -0.0220. The standard InChI is InChI=1S/C15H24N2O3/c1-3-8-17(15(18)12-20-10-9-19-2)11-13-6-4-5-7-14(13)16/h4-7H,3,8-12,16H2,1-2H3. The fourth-order valence-corrected chi connectivity index (χ4v) is 1.84. The number of nitrogens with zero attached hydrogens (tertiary/aromatic N) is 1. The van der Waals surface area contributed by atoms with Crippen molar-refractivity contribution in [3.8, 4) is 0 Å². The topological polar surface area (TPSA) is 64.8 Å². The minimum Gasteiger partial charge on any atom is -0.398 e. The van der Waals surface area contributed by atoms with Crippen molar-refractivity contribution < 1.29 is 14.3 Å². The molecule has 0 aliphatic rings. The Morgan fingerprint density at radius 3 is 2.70 bits per heavy atom. The summed E-state index contributed by atoms with van der Waals surface area (Å²) in [5, 5.41) is 0. The highest BCUT2D eigenvalue weighted by atomic mass is 16.5. The summed E-state index contributed by atoms with van der Waals surface area (Å²) >= 11 is 0. The molecule has 0 aliphatic carbocycles. The van der Waals surface area contributed by atoms with Crippen molar-refractivity contribution in [2.45, 2.75) is 19.9 Å². The minimum absolute atomic E-state index is 0.0220. The number of carbonyl (C=O) groups is 1. The molecule has 0 saturated carbocycles. The zero-order valence-electron chi connectivity index (χ0n) is 12.3. The van der Waals surface area contributed by atoms with Gasteiger partial charge in [0.1, 0.15) is 6.61 Å². The molecule has 0 fully saturated rings. The first-order valence-corrected chi connectivity index (χ1v) is 6.86. The molecular formula is C15H24N2O3. The molecule has 5 heteroatoms. The molecule has 0 unspecified atom stereocenters. The zero-order chi connectivity index (χ0) is 14.8. The third-order valence-corrected chi connectivity index (χ3v) is 2.92. The summed E-state index contributed by atoms with van der Waals surface area (Å²) in [4.78, 5) is 13.9. The fraction of sp³-hybridized carbons (Fsp3) is 0.533. The van der Waals surface area contributed by atoms with E-state index >= 15 is 0 Å². The van der Waals surface area contributed by atoms with Crippen LogP contribution in [0.15, 0.2) is 24.3 Å². The van der Waals surface area contributed by atoms with Crippen LogP contribution < -0.4 is 5.73 Å². The molecule has 1 aromatic carbocycles. The highest BCUT2D eigenvalue weighted by Crippen LogP contribution is 2.13. The molecular weight excluding hydrogens is 256 g/mol. The first-order valence-electron chi connectivity index (χ1n) is 6.86. The van der Waals surface area contributed by atoms with Crippen LogP contribution in [-0.4, -0.2) is 44.3 Å². The van der Waals surface area contributed by atoms with E-state index in [9.17, 15) is 4.79 Å². The second-order valence-electron chi connectivity index (χ2n) is 4.56. The van der Waals surface area contributed by atoms with Crippen molar-refractivity contribution in [2.75, 3.05) is 39.2 Å². The zero-order valence-corrected chi connectivity index (χ0v) is 12.3. The number of anilines is 1. The van der Waals surface area contributed by atoms with Crippen molar-refractivity contribution in [1.82, 2.24) is 4.90 Å². The van der Waals surface area contributed by atoms with Crippen LogP contribution in [-0.2, 0) is 20.8 Å². The lowest BCUT2D eigenvalue weighted by Gasteiger charge is -2.23. The van der Waals surface area contributed by atoms with Crippen LogP contribution >= 0.6 is 0 Å². The Morgan fingerprint density at radius 2 is 2.05 bits per heavy atom. The number of hydrogen-bond acceptors (Lipinski definition) is 4. The molecule has 20 heavy (non-hydrogen) atoms. The van der Waals surface area contributed by atoms with Crippen LogP contribution in [0.5, 0.6) is 0 Å². The van der Waals surface area contributed by atoms with Gasteiger partial charge in [-0.15, -0.1) is 0 Å². The van der Waals surface area contributed by atoms with E-state index in [0.29, 0.717) is 32.0 Å². The maximum Gasteiger partial charge on any atom is 0.248 e. The van der Waals surface area contributed by atoms with Crippen LogP contribution in [0.4, 0.5) is 5.69 Å². The first kappa shape index (κ1) is 16.5. The number of rotatable bonds is 9. The average Bonchev–Trinajstić information content (AvgIpc) is 2.45. The van der Waals surface area contributed by atoms with Crippen molar-refractivity contribution in [3.05, 3.63) is 29.8 Å². The summed E-state index contributed by atoms with van der Waals surface area (Å²) in [5.41, 5.74) is 7.59. The van der Waals surface area contributed by atoms with E-state index in [4.69, 9.17) is 15.2 Å². The molecule has 1 aromatic rings. The second kappa shape index (κ2) is 9.34. The molecule has 5 nitrogen and oxygen atoms in total. The smallest absolute Gasteiger partial charge is 0.248 e. The molecule has 0 spiro atoms. The third kappa shape index (κ3) is 5.59. The first-order chi connectivity index (χ1) is 9.69. The van der Waals surface area contributed by atoms with Crippen molar-refractivity contribution >= 4 is 11.6 Å². The number of ether oxygens (including phenoxy) is 2. The van der Waals surface area contributed by atoms with Crippen molar-refractivity contribution in [3.63, 3.8) is 0 Å². The van der Waals surface area contributed by atoms with Gasteiger partial charge in [-0.1, -0.05) is 25.1 Å². The van der Waals surface area contributed by atoms with E-state index in [-0.39, 0.29) is 12.5 Å². The van der Waals surface area contributed by atoms with Gasteiger partial charge in [0.15, 0.2) is 0 Å². The number of benzene rings is 1. The Morgan fingerprint density at radius 1 is 1.30 bits per heavy atom. The number of methoxy groups -OCH3 is 1. The van der Waals surface area contributed by atoms with E-state index in [1.165, 1.54) is 0 Å². The molecule has 0 atom stereocenters. The number of hydrogen-bond donors (Lipinski definition) is 1. The number of nitrogen functional groups attached to an aromatic ring is 1. The predicted octanol–water partition coefficient (Wildman–Crippen LogP) is 1.67. The maximum atomic E-state index is 12.1. The summed E-state index contributed by atoms with van der Waals surface area (Å²) in [6.45, 7) is 4.26. The van der Waals surface area contributed by atoms with E-state index in [1.54, 1.807) is 12.0 Å². The van der Waals surface area contributed by atoms with Gasteiger partial charge in [0.2, 0.25) is 5.91 Å². The summed E-state index contributed by atoms with van der Waals surface area (Å²) < 4.78 is 10.2. The Bertz CT molecular complexity index is 410. The molecule has 0 aliphatic heterocycles. The molecule has 2 N–H and O–H groups in total. The van der Waals surface area contributed by atoms with Gasteiger partial charge in [0.05, 0.1) is 13.2 Å². The van der Waals surface area contributed by atoms with E-state index in [2.05, 4.69) is 0 Å². The summed E-state index contributed by atoms with van der Waals surface area (Å²) in [6.07, 6.45) is 0.899. The van der Waals surface area contributed by atoms with Crippen LogP contribution in [0.2, 0.25) is 0 Å². The summed E-state index contributed by atoms with van der Waals surface area (Å²) in [5.74, 6) is -0.0220. The second-order valence-corrected chi connectivity index (χ2v) is 4.56. The van der Waals surface area contributed by atoms with Gasteiger partial charge in [-0.2, -0.15) is 0 Å². The molecule has 0 aromatic heterocycles. The molecule has 1 rings (SSSR count). The van der Waals surface area contributed by atoms with Crippen LogP contribution in [0.1, 0.15) is 18.9 Å². The molecule has 0 bridgehead atoms. The number of nitrogens with two attached hydrogens (primary N) is 1. The Hall–Kier alpha value is -1.59. The lowest BCUT2D eigenvalue weighted by Crippen LogP contribution is -2.34. The Kier molecular flexibility index (Phi) is 7.69. The monoisotopic (exact) mass is 280 g/mol. The molecule has 0 heterocycles. The largest absolute Gasteiger partial charge is 0.398 e. The van der Waals surface area contributed by atoms with E-state index < -0.39 is 0 Å². The maximum absolute atomic E-state index is 12.1. The fourth-order valence-electron chi connectivity index (χ4n) is 1.84. The Balaban J connectivity index is 2.55. The SMILES string of the molecule is CCCN(Cc1ccccc1N)C(=O)COCCOC. The van der Waals surface area contributed by atoms with Gasteiger partial charge < -0.3 is 20.1 Å². The van der Waals surface area contributed by atoms with Gasteiger partial charge in [-0.3, -0.25) is 4.79 Å². The van der Waals surface area contributed by atoms with Crippen molar-refractivity contribution in [2.24, 2.45) is 0 Å². The van der Waals surface area contributed by atoms with Gasteiger partial charge in [0, 0.05) is 25.9 Å². The summed E-state index contributed by atoms with van der Waals surface area (Å²) in [6, 6.07) is 7.60. The summed E-state index contributed by atoms with van der Waals surface area (Å²) in [7, 11) is 1.60. The molecule has 0 saturated heterocycles. The number of amides is 1. The molecule has 0 radical (unpaired) electrons. The lowest BCUT2D eigenvalue weighted by molar-refractivity contribution is -0.137. The Labute approximate surface area is 120 Å². The highest BCUT2D eigenvalue weighted by Gasteiger charge is 2.14. The van der Waals surface area contributed by atoms with Crippen molar-refractivity contribution in [1.29, 1.82) is 0 Å². The third-order valence-electron chi connectivity index (χ3n) is 2.92. The normalized spacial score (nSPS) is 10.5. The predicted molar refractivity (Wildman–Crippen MR) is 79.3 cm³/mol. The quantitative estimate of drug-likeness (QED) is 0.552. The lowest BCUT2D eigenvalue weighted by atomic mass is 10.1. The van der Waals surface area contributed by atoms with E-state index in [0.717, 1.165) is 12.0 Å². The average molecular weight is 280 g/mol. The van der Waals surface area contributed by atoms with Gasteiger partial charge in [-0.25, -0.2) is 0 Å². The molecule has 1 amide bonds. The van der Waals surface area contributed by atoms with E-state index in [1.807, 2.05) is 31.2 Å². The van der Waals surface area contributed by atoms with Crippen LogP contribution in [0, 0.1) is 0 Å². The highest BCUT2D eigenvalue weighted by molar-refractivity contribution is 5.77. The van der Waals surface area contributed by atoms with Crippen LogP contribution in [0.25, 0.3) is 0 Å².